The van der Waals surface area contributed by atoms with E-state index in [1.54, 1.807) is 37.4 Å². The third-order valence-corrected chi connectivity index (χ3v) is 5.22. The predicted molar refractivity (Wildman–Crippen MR) is 98.0 cm³/mol. The number of halogens is 2. The second-order valence-corrected chi connectivity index (χ2v) is 6.99. The van der Waals surface area contributed by atoms with E-state index in [0.29, 0.717) is 14.8 Å². The van der Waals surface area contributed by atoms with Gasteiger partial charge in [0, 0.05) is 7.05 Å². The Kier molecular flexibility index (Phi) is 6.47. The Balaban J connectivity index is 2.10. The molecule has 122 valence electrons. The molecule has 0 bridgehead atoms. The van der Waals surface area contributed by atoms with Gasteiger partial charge in [-0.2, -0.15) is 0 Å². The molecule has 0 aliphatic carbocycles. The summed E-state index contributed by atoms with van der Waals surface area (Å²) in [7, 11) is 1.64. The molecule has 1 aromatic carbocycles. The average Bonchev–Trinajstić information content (AvgIpc) is 2.80. The highest BCUT2D eigenvalue weighted by molar-refractivity contribution is 8.26. The molecule has 0 N–H and O–H groups in total. The normalized spacial score (nSPS) is 16.5. The van der Waals surface area contributed by atoms with Crippen LogP contribution in [0.5, 0.6) is 0 Å². The van der Waals surface area contributed by atoms with Crippen molar-refractivity contribution in [2.75, 3.05) is 18.8 Å². The fourth-order valence-corrected chi connectivity index (χ4v) is 3.37. The number of thiocarbonyl (C=S) groups is 1. The standard InChI is InChI=1S/C15H13Cl2NO3S2/c1-18-13(19)12(23-15(18)22)6-9-2-4-10(5-3-9)14(20)21-11(7-16)8-17/h2-6,11H,7-8H2,1H3/b12-6-. The molecule has 0 spiro atoms. The zero-order chi connectivity index (χ0) is 17.0. The van der Waals surface area contributed by atoms with E-state index in [2.05, 4.69) is 0 Å². The van der Waals surface area contributed by atoms with Crippen molar-refractivity contribution >= 4 is 69.5 Å². The lowest BCUT2D eigenvalue weighted by atomic mass is 10.1. The van der Waals surface area contributed by atoms with Crippen LogP contribution in [0.15, 0.2) is 29.2 Å². The summed E-state index contributed by atoms with van der Waals surface area (Å²) >= 11 is 17.6. The SMILES string of the molecule is CN1C(=O)/C(=C/c2ccc(C(=O)OC(CCl)CCl)cc2)SC1=S. The molecule has 1 aliphatic rings. The van der Waals surface area contributed by atoms with Crippen molar-refractivity contribution in [3.05, 3.63) is 40.3 Å². The number of hydrogen-bond donors (Lipinski definition) is 0. The highest BCUT2D eigenvalue weighted by atomic mass is 35.5. The quantitative estimate of drug-likeness (QED) is 0.333. The Morgan fingerprint density at radius 2 is 1.96 bits per heavy atom. The van der Waals surface area contributed by atoms with Crippen LogP contribution in [0.1, 0.15) is 15.9 Å². The summed E-state index contributed by atoms with van der Waals surface area (Å²) in [6, 6.07) is 6.71. The van der Waals surface area contributed by atoms with Gasteiger partial charge in [-0.1, -0.05) is 36.1 Å². The van der Waals surface area contributed by atoms with E-state index < -0.39 is 12.1 Å². The minimum Gasteiger partial charge on any atom is -0.456 e. The summed E-state index contributed by atoms with van der Waals surface area (Å²) < 4.78 is 5.68. The number of alkyl halides is 2. The zero-order valence-corrected chi connectivity index (χ0v) is 15.3. The molecule has 1 amide bonds. The van der Waals surface area contributed by atoms with Gasteiger partial charge in [-0.15, -0.1) is 23.2 Å². The zero-order valence-electron chi connectivity index (χ0n) is 12.1. The molecule has 0 radical (unpaired) electrons. The van der Waals surface area contributed by atoms with Crippen molar-refractivity contribution in [2.24, 2.45) is 0 Å². The number of hydrogen-bond acceptors (Lipinski definition) is 5. The van der Waals surface area contributed by atoms with Crippen LogP contribution < -0.4 is 0 Å². The first-order valence-electron chi connectivity index (χ1n) is 6.60. The van der Waals surface area contributed by atoms with Crippen molar-refractivity contribution in [3.63, 3.8) is 0 Å². The van der Waals surface area contributed by atoms with E-state index in [-0.39, 0.29) is 17.7 Å². The van der Waals surface area contributed by atoms with Gasteiger partial charge in [0.05, 0.1) is 22.2 Å². The van der Waals surface area contributed by atoms with Gasteiger partial charge in [-0.05, 0) is 23.8 Å². The fraction of sp³-hybridized carbons (Fsp3) is 0.267. The van der Waals surface area contributed by atoms with E-state index >= 15 is 0 Å². The minimum absolute atomic E-state index is 0.129. The second kappa shape index (κ2) is 8.15. The van der Waals surface area contributed by atoms with E-state index in [4.69, 9.17) is 40.2 Å². The van der Waals surface area contributed by atoms with Crippen molar-refractivity contribution in [2.45, 2.75) is 6.10 Å². The number of nitrogens with zero attached hydrogens (tertiary/aromatic N) is 1. The molecule has 2 rings (SSSR count). The number of amides is 1. The summed E-state index contributed by atoms with van der Waals surface area (Å²) in [4.78, 5) is 25.8. The average molecular weight is 390 g/mol. The largest absolute Gasteiger partial charge is 0.456 e. The minimum atomic E-state index is -0.517. The number of esters is 1. The Morgan fingerprint density at radius 1 is 1.35 bits per heavy atom. The van der Waals surface area contributed by atoms with Crippen LogP contribution in [0.3, 0.4) is 0 Å². The highest BCUT2D eigenvalue weighted by Crippen LogP contribution is 2.31. The smallest absolute Gasteiger partial charge is 0.338 e. The molecular weight excluding hydrogens is 377 g/mol. The number of benzene rings is 1. The third-order valence-electron chi connectivity index (χ3n) is 3.05. The van der Waals surface area contributed by atoms with Crippen LogP contribution in [0.2, 0.25) is 0 Å². The van der Waals surface area contributed by atoms with Gasteiger partial charge in [0.15, 0.2) is 0 Å². The van der Waals surface area contributed by atoms with Gasteiger partial charge in [-0.3, -0.25) is 9.69 Å². The van der Waals surface area contributed by atoms with Crippen LogP contribution in [0.25, 0.3) is 6.08 Å². The fourth-order valence-electron chi connectivity index (χ4n) is 1.74. The summed E-state index contributed by atoms with van der Waals surface area (Å²) in [5, 5.41) is 0. The maximum absolute atomic E-state index is 11.9. The monoisotopic (exact) mass is 389 g/mol. The molecule has 1 fully saturated rings. The van der Waals surface area contributed by atoms with Crippen molar-refractivity contribution in [1.29, 1.82) is 0 Å². The third kappa shape index (κ3) is 4.47. The van der Waals surface area contributed by atoms with Crippen LogP contribution in [0, 0.1) is 0 Å². The maximum Gasteiger partial charge on any atom is 0.338 e. The Hall–Kier alpha value is -1.08. The molecule has 0 unspecified atom stereocenters. The molecule has 23 heavy (non-hydrogen) atoms. The predicted octanol–water partition coefficient (Wildman–Crippen LogP) is 3.52. The first-order valence-corrected chi connectivity index (χ1v) is 8.90. The van der Waals surface area contributed by atoms with E-state index in [1.165, 1.54) is 16.7 Å². The van der Waals surface area contributed by atoms with E-state index in [1.807, 2.05) is 0 Å². The summed E-state index contributed by atoms with van der Waals surface area (Å²) in [5.41, 5.74) is 1.19. The molecule has 0 aromatic heterocycles. The van der Waals surface area contributed by atoms with Crippen LogP contribution in [-0.2, 0) is 9.53 Å². The first kappa shape index (κ1) is 18.3. The summed E-state index contributed by atoms with van der Waals surface area (Å²) in [6.45, 7) is 0. The highest BCUT2D eigenvalue weighted by Gasteiger charge is 2.28. The van der Waals surface area contributed by atoms with Crippen LogP contribution in [-0.4, -0.2) is 46.0 Å². The summed E-state index contributed by atoms with van der Waals surface area (Å²) in [5.74, 6) is -0.323. The van der Waals surface area contributed by atoms with Gasteiger partial charge in [-0.25, -0.2) is 4.79 Å². The summed E-state index contributed by atoms with van der Waals surface area (Å²) in [6.07, 6.45) is 1.22. The maximum atomic E-state index is 11.9. The van der Waals surface area contributed by atoms with Gasteiger partial charge >= 0.3 is 5.97 Å². The molecule has 1 heterocycles. The molecule has 1 saturated heterocycles. The molecule has 4 nitrogen and oxygen atoms in total. The molecular formula is C15H13Cl2NO3S2. The number of carbonyl (C=O) groups excluding carboxylic acids is 2. The van der Waals surface area contributed by atoms with Gasteiger partial charge in [0.1, 0.15) is 10.4 Å². The topological polar surface area (TPSA) is 46.6 Å². The number of likely N-dealkylation sites (N-methyl/N-ethyl adjacent to an activating group) is 1. The van der Waals surface area contributed by atoms with Gasteiger partial charge < -0.3 is 4.74 Å². The lowest BCUT2D eigenvalue weighted by molar-refractivity contribution is -0.121. The number of rotatable bonds is 5. The van der Waals surface area contributed by atoms with E-state index in [0.717, 1.165) is 5.56 Å². The number of thioether (sulfide) groups is 1. The Labute approximate surface area is 153 Å². The van der Waals surface area contributed by atoms with Crippen molar-refractivity contribution < 1.29 is 14.3 Å². The Morgan fingerprint density at radius 3 is 2.43 bits per heavy atom. The first-order chi connectivity index (χ1) is 11.0. The lowest BCUT2D eigenvalue weighted by Crippen LogP contribution is -2.22. The lowest BCUT2D eigenvalue weighted by Gasteiger charge is -2.12. The number of carbonyl (C=O) groups is 2. The van der Waals surface area contributed by atoms with Crippen LogP contribution >= 0.6 is 47.2 Å². The second-order valence-electron chi connectivity index (χ2n) is 4.70. The van der Waals surface area contributed by atoms with Crippen LogP contribution in [0.4, 0.5) is 0 Å². The van der Waals surface area contributed by atoms with Crippen molar-refractivity contribution in [1.82, 2.24) is 4.90 Å². The molecule has 1 aliphatic heterocycles. The van der Waals surface area contributed by atoms with Gasteiger partial charge in [0.25, 0.3) is 5.91 Å². The Bertz CT molecular complexity index is 657. The molecule has 0 saturated carbocycles. The van der Waals surface area contributed by atoms with Crippen molar-refractivity contribution in [3.8, 4) is 0 Å². The van der Waals surface area contributed by atoms with Gasteiger partial charge in [0.2, 0.25) is 0 Å². The molecule has 8 heteroatoms. The molecule has 0 atom stereocenters. The van der Waals surface area contributed by atoms with E-state index in [9.17, 15) is 9.59 Å². The molecule has 1 aromatic rings. The number of ether oxygens (including phenoxy) is 1.